The second-order valence-electron chi connectivity index (χ2n) is 6.42. The Balaban J connectivity index is 1.90. The van der Waals surface area contributed by atoms with Crippen molar-refractivity contribution in [2.75, 3.05) is 13.7 Å². The molecule has 1 aliphatic heterocycles. The van der Waals surface area contributed by atoms with Crippen LogP contribution in [0.15, 0.2) is 36.5 Å². The molecule has 1 aromatic carbocycles. The average Bonchev–Trinajstić information content (AvgIpc) is 3.16. The zero-order valence-corrected chi connectivity index (χ0v) is 15.3. The Kier molecular flexibility index (Phi) is 5.99. The van der Waals surface area contributed by atoms with Crippen LogP contribution in [0, 0.1) is 0 Å². The van der Waals surface area contributed by atoms with E-state index in [9.17, 15) is 4.79 Å². The van der Waals surface area contributed by atoms with Gasteiger partial charge in [-0.2, -0.15) is 4.68 Å². The van der Waals surface area contributed by atoms with Crippen LogP contribution in [-0.4, -0.2) is 44.7 Å². The van der Waals surface area contributed by atoms with Crippen molar-refractivity contribution in [3.8, 4) is 0 Å². The first-order chi connectivity index (χ1) is 12.8. The molecule has 0 amide bonds. The highest BCUT2D eigenvalue weighted by Crippen LogP contribution is 2.33. The van der Waals surface area contributed by atoms with Crippen LogP contribution in [0.25, 0.3) is 5.70 Å². The van der Waals surface area contributed by atoms with Crippen molar-refractivity contribution >= 4 is 11.7 Å². The number of ether oxygens (including phenoxy) is 1. The quantitative estimate of drug-likeness (QED) is 0.535. The number of unbranched alkanes of at least 4 members (excludes halogenated alkanes) is 4. The Morgan fingerprint density at radius 3 is 2.65 bits per heavy atom. The Morgan fingerprint density at radius 2 is 1.92 bits per heavy atom. The third-order valence-corrected chi connectivity index (χ3v) is 4.62. The number of fused-ring (bicyclic) bond motifs is 1. The van der Waals surface area contributed by atoms with Gasteiger partial charge in [-0.1, -0.05) is 62.9 Å². The Bertz CT molecular complexity index is 756. The zero-order chi connectivity index (χ0) is 18.4. The maximum absolute atomic E-state index is 12.2. The molecule has 1 atom stereocenters. The summed E-state index contributed by atoms with van der Waals surface area (Å²) in [4.78, 5) is 14.3. The van der Waals surface area contributed by atoms with Crippen molar-refractivity contribution in [1.29, 1.82) is 0 Å². The fourth-order valence-corrected chi connectivity index (χ4v) is 3.28. The standard InChI is InChI=1S/C19H25N5O2/c1-3-4-5-6-10-13-23-14-16(19(25)26-2)24-18(20-21-22-24)17(23)15-11-8-7-9-12-15/h7-9,11-12,14,17H,3-6,10,13H2,1-2H3. The number of hydrogen-bond donors (Lipinski definition) is 0. The van der Waals surface area contributed by atoms with E-state index in [2.05, 4.69) is 39.5 Å². The number of hydrogen-bond acceptors (Lipinski definition) is 6. The predicted octanol–water partition coefficient (Wildman–Crippen LogP) is 3.02. The van der Waals surface area contributed by atoms with E-state index in [1.54, 1.807) is 0 Å². The summed E-state index contributed by atoms with van der Waals surface area (Å²) in [6.45, 7) is 3.04. The van der Waals surface area contributed by atoms with Crippen molar-refractivity contribution < 1.29 is 9.53 Å². The van der Waals surface area contributed by atoms with Gasteiger partial charge >= 0.3 is 5.97 Å². The summed E-state index contributed by atoms with van der Waals surface area (Å²) >= 11 is 0. The minimum atomic E-state index is -0.443. The molecule has 1 unspecified atom stereocenters. The van der Waals surface area contributed by atoms with Gasteiger partial charge in [-0.15, -0.1) is 5.10 Å². The van der Waals surface area contributed by atoms with E-state index in [0.29, 0.717) is 11.5 Å². The molecule has 3 rings (SSSR count). The molecular formula is C19H25N5O2. The van der Waals surface area contributed by atoms with Crippen molar-refractivity contribution in [2.24, 2.45) is 0 Å². The largest absolute Gasteiger partial charge is 0.464 e. The summed E-state index contributed by atoms with van der Waals surface area (Å²) in [6, 6.07) is 9.99. The van der Waals surface area contributed by atoms with Crippen LogP contribution >= 0.6 is 0 Å². The minimum absolute atomic E-state index is 0.120. The molecule has 0 fully saturated rings. The van der Waals surface area contributed by atoms with E-state index in [1.165, 1.54) is 31.1 Å². The number of benzene rings is 1. The lowest BCUT2D eigenvalue weighted by Gasteiger charge is -2.34. The van der Waals surface area contributed by atoms with Crippen LogP contribution in [0.5, 0.6) is 0 Å². The lowest BCUT2D eigenvalue weighted by atomic mass is 10.0. The first-order valence-electron chi connectivity index (χ1n) is 9.15. The van der Waals surface area contributed by atoms with Crippen LogP contribution in [0.2, 0.25) is 0 Å². The van der Waals surface area contributed by atoms with Gasteiger partial charge < -0.3 is 9.64 Å². The van der Waals surface area contributed by atoms with E-state index in [-0.39, 0.29) is 6.04 Å². The van der Waals surface area contributed by atoms with Crippen LogP contribution in [-0.2, 0) is 9.53 Å². The van der Waals surface area contributed by atoms with Gasteiger partial charge in [-0.25, -0.2) is 4.79 Å². The highest BCUT2D eigenvalue weighted by Gasteiger charge is 2.34. The van der Waals surface area contributed by atoms with Gasteiger partial charge in [-0.05, 0) is 22.4 Å². The molecule has 0 radical (unpaired) electrons. The van der Waals surface area contributed by atoms with Gasteiger partial charge in [0.15, 0.2) is 11.5 Å². The van der Waals surface area contributed by atoms with Gasteiger partial charge in [0.25, 0.3) is 0 Å². The molecule has 0 spiro atoms. The van der Waals surface area contributed by atoms with Crippen LogP contribution in [0.4, 0.5) is 0 Å². The van der Waals surface area contributed by atoms with Crippen LogP contribution in [0.3, 0.4) is 0 Å². The summed E-state index contributed by atoms with van der Waals surface area (Å²) in [5.41, 5.74) is 1.44. The first kappa shape index (κ1) is 18.1. The monoisotopic (exact) mass is 355 g/mol. The number of carbonyl (C=O) groups is 1. The first-order valence-corrected chi connectivity index (χ1v) is 9.15. The molecule has 0 saturated heterocycles. The van der Waals surface area contributed by atoms with Gasteiger partial charge in [0.05, 0.1) is 7.11 Å². The van der Waals surface area contributed by atoms with Gasteiger partial charge in [0, 0.05) is 12.7 Å². The van der Waals surface area contributed by atoms with E-state index in [1.807, 2.05) is 24.4 Å². The number of carbonyl (C=O) groups excluding carboxylic acids is 1. The van der Waals surface area contributed by atoms with E-state index < -0.39 is 5.97 Å². The van der Waals surface area contributed by atoms with Crippen molar-refractivity contribution in [3.63, 3.8) is 0 Å². The molecule has 7 nitrogen and oxygen atoms in total. The lowest BCUT2D eigenvalue weighted by Crippen LogP contribution is -2.34. The smallest absolute Gasteiger partial charge is 0.358 e. The molecule has 2 heterocycles. The molecule has 138 valence electrons. The van der Waals surface area contributed by atoms with E-state index in [4.69, 9.17) is 4.74 Å². The molecule has 0 N–H and O–H groups in total. The topological polar surface area (TPSA) is 73.1 Å². The Hall–Kier alpha value is -2.70. The normalized spacial score (nSPS) is 16.2. The Labute approximate surface area is 153 Å². The number of nitrogens with zero attached hydrogens (tertiary/aromatic N) is 5. The van der Waals surface area contributed by atoms with E-state index in [0.717, 1.165) is 24.9 Å². The summed E-state index contributed by atoms with van der Waals surface area (Å²) in [5.74, 6) is 0.189. The van der Waals surface area contributed by atoms with Gasteiger partial charge in [0.1, 0.15) is 6.04 Å². The number of aromatic nitrogens is 4. The second kappa shape index (κ2) is 8.60. The van der Waals surface area contributed by atoms with Crippen LogP contribution < -0.4 is 0 Å². The summed E-state index contributed by atoms with van der Waals surface area (Å²) in [5, 5.41) is 12.0. The number of esters is 1. The third-order valence-electron chi connectivity index (χ3n) is 4.62. The summed E-state index contributed by atoms with van der Waals surface area (Å²) < 4.78 is 6.40. The molecule has 1 aromatic heterocycles. The minimum Gasteiger partial charge on any atom is -0.464 e. The zero-order valence-electron chi connectivity index (χ0n) is 15.3. The molecule has 0 aliphatic carbocycles. The predicted molar refractivity (Wildman–Crippen MR) is 97.9 cm³/mol. The SMILES string of the molecule is CCCCCCCN1C=C(C(=O)OC)n2nnnc2C1c1ccccc1. The Morgan fingerprint density at radius 1 is 1.15 bits per heavy atom. The maximum Gasteiger partial charge on any atom is 0.358 e. The molecule has 0 bridgehead atoms. The molecule has 0 saturated carbocycles. The number of methoxy groups -OCH3 is 1. The maximum atomic E-state index is 12.2. The van der Waals surface area contributed by atoms with Crippen molar-refractivity contribution in [3.05, 3.63) is 47.9 Å². The lowest BCUT2D eigenvalue weighted by molar-refractivity contribution is -0.134. The number of rotatable bonds is 8. The molecule has 26 heavy (non-hydrogen) atoms. The average molecular weight is 355 g/mol. The number of tetrazole rings is 1. The van der Waals surface area contributed by atoms with Gasteiger partial charge in [-0.3, -0.25) is 0 Å². The fourth-order valence-electron chi connectivity index (χ4n) is 3.28. The fraction of sp³-hybridized carbons (Fsp3) is 0.474. The molecule has 7 heteroatoms. The second-order valence-corrected chi connectivity index (χ2v) is 6.42. The summed E-state index contributed by atoms with van der Waals surface area (Å²) in [7, 11) is 1.37. The highest BCUT2D eigenvalue weighted by molar-refractivity contribution is 6.09. The van der Waals surface area contributed by atoms with Crippen LogP contribution in [0.1, 0.15) is 56.5 Å². The van der Waals surface area contributed by atoms with Crippen molar-refractivity contribution in [1.82, 2.24) is 25.1 Å². The van der Waals surface area contributed by atoms with Crippen molar-refractivity contribution in [2.45, 2.75) is 45.1 Å². The molecule has 2 aromatic rings. The highest BCUT2D eigenvalue weighted by atomic mass is 16.5. The molecule has 1 aliphatic rings. The molecular weight excluding hydrogens is 330 g/mol. The van der Waals surface area contributed by atoms with Gasteiger partial charge in [0.2, 0.25) is 0 Å². The third kappa shape index (κ3) is 3.76. The summed E-state index contributed by atoms with van der Waals surface area (Å²) in [6.07, 6.45) is 7.74. The van der Waals surface area contributed by atoms with E-state index >= 15 is 0 Å².